The lowest BCUT2D eigenvalue weighted by atomic mass is 10.0. The van der Waals surface area contributed by atoms with Gasteiger partial charge in [-0.2, -0.15) is 0 Å². The molecule has 4 N–H and O–H groups in total. The molecule has 1 fully saturated rings. The molecule has 11 heteroatoms. The van der Waals surface area contributed by atoms with Crippen LogP contribution in [-0.4, -0.2) is 60.8 Å². The van der Waals surface area contributed by atoms with Crippen molar-refractivity contribution in [2.24, 2.45) is 0 Å². The normalized spacial score (nSPS) is 15.1. The lowest BCUT2D eigenvalue weighted by Gasteiger charge is -2.36. The molecule has 0 aliphatic carbocycles. The van der Waals surface area contributed by atoms with E-state index >= 15 is 0 Å². The molecule has 202 valence electrons. The summed E-state index contributed by atoms with van der Waals surface area (Å²) in [7, 11) is 0. The molecule has 0 spiro atoms. The van der Waals surface area contributed by atoms with Gasteiger partial charge in [-0.15, -0.1) is 0 Å². The topological polar surface area (TPSA) is 134 Å². The average Bonchev–Trinajstić information content (AvgIpc) is 3.40. The van der Waals surface area contributed by atoms with Gasteiger partial charge in [-0.25, -0.2) is 4.39 Å². The Morgan fingerprint density at radius 3 is 2.31 bits per heavy atom. The molecule has 2 amide bonds. The number of rotatable bonds is 7. The molecule has 1 atom stereocenters. The van der Waals surface area contributed by atoms with Crippen molar-refractivity contribution in [1.82, 2.24) is 10.2 Å². The van der Waals surface area contributed by atoms with Crippen LogP contribution in [0.25, 0.3) is 0 Å². The predicted molar refractivity (Wildman–Crippen MR) is 140 cm³/mol. The molecule has 0 aromatic heterocycles. The molecular formula is C28H27FN4O6. The van der Waals surface area contributed by atoms with Crippen LogP contribution in [0.15, 0.2) is 60.7 Å². The van der Waals surface area contributed by atoms with Crippen LogP contribution in [0.2, 0.25) is 0 Å². The number of aliphatic carboxylic acids is 1. The zero-order valence-corrected chi connectivity index (χ0v) is 20.9. The summed E-state index contributed by atoms with van der Waals surface area (Å²) in [5.41, 5.74) is 8.70. The minimum absolute atomic E-state index is 0.0926. The molecule has 2 aliphatic heterocycles. The van der Waals surface area contributed by atoms with Crippen LogP contribution in [-0.2, 0) is 4.79 Å². The number of ether oxygens (including phenoxy) is 2. The number of nitrogens with zero attached hydrogens (tertiary/aromatic N) is 2. The van der Waals surface area contributed by atoms with E-state index in [1.807, 2.05) is 4.90 Å². The summed E-state index contributed by atoms with van der Waals surface area (Å²) in [6.45, 7) is 2.23. The molecule has 0 saturated carbocycles. The number of amides is 2. The van der Waals surface area contributed by atoms with Crippen molar-refractivity contribution in [1.29, 1.82) is 0 Å². The zero-order chi connectivity index (χ0) is 27.5. The number of fused-ring (bicyclic) bond motifs is 1. The molecule has 5 rings (SSSR count). The lowest BCUT2D eigenvalue weighted by Crippen LogP contribution is -2.49. The van der Waals surface area contributed by atoms with Crippen LogP contribution in [0.5, 0.6) is 11.5 Å². The third-order valence-corrected chi connectivity index (χ3v) is 6.77. The first-order valence-corrected chi connectivity index (χ1v) is 12.4. The summed E-state index contributed by atoms with van der Waals surface area (Å²) < 4.78 is 24.0. The monoisotopic (exact) mass is 534 g/mol. The van der Waals surface area contributed by atoms with Gasteiger partial charge in [-0.1, -0.05) is 12.1 Å². The molecule has 10 nitrogen and oxygen atoms in total. The van der Waals surface area contributed by atoms with E-state index in [-0.39, 0.29) is 24.7 Å². The summed E-state index contributed by atoms with van der Waals surface area (Å²) in [5.74, 6) is -0.968. The summed E-state index contributed by atoms with van der Waals surface area (Å²) in [5, 5.41) is 12.0. The Morgan fingerprint density at radius 1 is 0.923 bits per heavy atom. The molecule has 2 heterocycles. The van der Waals surface area contributed by atoms with E-state index < -0.39 is 23.7 Å². The number of hydrogen-bond acceptors (Lipinski definition) is 7. The fourth-order valence-electron chi connectivity index (χ4n) is 4.71. The highest BCUT2D eigenvalue weighted by Gasteiger charge is 2.26. The largest absolute Gasteiger partial charge is 0.481 e. The van der Waals surface area contributed by atoms with Crippen LogP contribution in [0.4, 0.5) is 15.8 Å². The highest BCUT2D eigenvalue weighted by molar-refractivity contribution is 5.97. The number of nitrogen functional groups attached to an aromatic ring is 1. The second kappa shape index (κ2) is 10.9. The minimum Gasteiger partial charge on any atom is -0.481 e. The molecule has 1 saturated heterocycles. The van der Waals surface area contributed by atoms with Gasteiger partial charge >= 0.3 is 5.97 Å². The maximum atomic E-state index is 13.3. The Kier molecular flexibility index (Phi) is 7.22. The van der Waals surface area contributed by atoms with Gasteiger partial charge in [0.05, 0.1) is 23.8 Å². The summed E-state index contributed by atoms with van der Waals surface area (Å²) in [6, 6.07) is 14.5. The van der Waals surface area contributed by atoms with Crippen molar-refractivity contribution in [2.45, 2.75) is 12.5 Å². The van der Waals surface area contributed by atoms with E-state index in [4.69, 9.17) is 15.2 Å². The van der Waals surface area contributed by atoms with E-state index in [0.29, 0.717) is 54.5 Å². The third kappa shape index (κ3) is 5.71. The first-order chi connectivity index (χ1) is 18.8. The first-order valence-electron chi connectivity index (χ1n) is 12.4. The molecule has 0 bridgehead atoms. The Labute approximate surface area is 223 Å². The fraction of sp³-hybridized carbons (Fsp3) is 0.250. The van der Waals surface area contributed by atoms with Crippen LogP contribution < -0.4 is 25.4 Å². The quantitative estimate of drug-likeness (QED) is 0.394. The van der Waals surface area contributed by atoms with Crippen LogP contribution in [0, 0.1) is 5.82 Å². The number of carbonyl (C=O) groups excluding carboxylic acids is 2. The SMILES string of the molecule is Nc1cc(C(=O)NC(CC(=O)O)c2ccc(F)cc2)ccc1N1CCN(C(=O)c2ccc3c(c2)OCO3)CC1. The number of halogens is 1. The van der Waals surface area contributed by atoms with Crippen molar-refractivity contribution in [3.05, 3.63) is 83.2 Å². The van der Waals surface area contributed by atoms with E-state index in [2.05, 4.69) is 5.32 Å². The van der Waals surface area contributed by atoms with Crippen molar-refractivity contribution < 1.29 is 33.4 Å². The van der Waals surface area contributed by atoms with E-state index in [1.54, 1.807) is 35.2 Å². The first kappa shape index (κ1) is 25.8. The minimum atomic E-state index is -1.10. The molecule has 1 unspecified atom stereocenters. The molecular weight excluding hydrogens is 507 g/mol. The van der Waals surface area contributed by atoms with E-state index in [9.17, 15) is 23.9 Å². The summed E-state index contributed by atoms with van der Waals surface area (Å²) in [6.07, 6.45) is -0.361. The summed E-state index contributed by atoms with van der Waals surface area (Å²) >= 11 is 0. The Hall–Kier alpha value is -4.80. The Bertz CT molecular complexity index is 1410. The van der Waals surface area contributed by atoms with Gasteiger partial charge in [0.1, 0.15) is 5.82 Å². The number of hydrogen-bond donors (Lipinski definition) is 3. The fourth-order valence-corrected chi connectivity index (χ4v) is 4.71. The Morgan fingerprint density at radius 2 is 1.62 bits per heavy atom. The predicted octanol–water partition coefficient (Wildman–Crippen LogP) is 3.04. The second-order valence-electron chi connectivity index (χ2n) is 9.30. The van der Waals surface area contributed by atoms with Gasteiger partial charge in [0, 0.05) is 37.3 Å². The second-order valence-corrected chi connectivity index (χ2v) is 9.30. The van der Waals surface area contributed by atoms with Crippen molar-refractivity contribution in [2.75, 3.05) is 43.6 Å². The van der Waals surface area contributed by atoms with Crippen LogP contribution in [0.3, 0.4) is 0 Å². The van der Waals surface area contributed by atoms with Crippen LogP contribution >= 0.6 is 0 Å². The van der Waals surface area contributed by atoms with Crippen molar-refractivity contribution >= 4 is 29.2 Å². The maximum Gasteiger partial charge on any atom is 0.305 e. The van der Waals surface area contributed by atoms with Gasteiger partial charge in [0.15, 0.2) is 11.5 Å². The van der Waals surface area contributed by atoms with Gasteiger partial charge < -0.3 is 35.4 Å². The molecule has 3 aromatic carbocycles. The van der Waals surface area contributed by atoms with Gasteiger partial charge in [-0.3, -0.25) is 14.4 Å². The van der Waals surface area contributed by atoms with Gasteiger partial charge in [-0.05, 0) is 54.1 Å². The highest BCUT2D eigenvalue weighted by atomic mass is 19.1. The number of nitrogens with one attached hydrogen (secondary N) is 1. The number of nitrogens with two attached hydrogens (primary N) is 1. The van der Waals surface area contributed by atoms with E-state index in [1.165, 1.54) is 30.3 Å². The molecule has 39 heavy (non-hydrogen) atoms. The third-order valence-electron chi connectivity index (χ3n) is 6.77. The number of anilines is 2. The number of carboxylic acid groups (broad SMARTS) is 1. The number of benzene rings is 3. The standard InChI is InChI=1S/C28H27FN4O6/c29-20-5-1-17(2-6-20)22(15-26(34)35)31-27(36)18-3-7-23(21(30)13-18)32-9-11-33(12-10-32)28(37)19-4-8-24-25(14-19)39-16-38-24/h1-8,13-14,22H,9-12,15-16,30H2,(H,31,36)(H,34,35). The summed E-state index contributed by atoms with van der Waals surface area (Å²) in [4.78, 5) is 41.1. The Balaban J connectivity index is 1.22. The van der Waals surface area contributed by atoms with Crippen LogP contribution in [0.1, 0.15) is 38.7 Å². The molecule has 0 radical (unpaired) electrons. The average molecular weight is 535 g/mol. The number of carboxylic acids is 1. The van der Waals surface area contributed by atoms with Gasteiger partial charge in [0.25, 0.3) is 11.8 Å². The highest BCUT2D eigenvalue weighted by Crippen LogP contribution is 2.33. The smallest absolute Gasteiger partial charge is 0.305 e. The van der Waals surface area contributed by atoms with Gasteiger partial charge in [0.2, 0.25) is 6.79 Å². The lowest BCUT2D eigenvalue weighted by molar-refractivity contribution is -0.137. The van der Waals surface area contributed by atoms with Crippen molar-refractivity contribution in [3.8, 4) is 11.5 Å². The molecule has 2 aliphatic rings. The zero-order valence-electron chi connectivity index (χ0n) is 20.9. The van der Waals surface area contributed by atoms with E-state index in [0.717, 1.165) is 5.69 Å². The molecule has 3 aromatic rings. The number of carbonyl (C=O) groups is 3. The maximum absolute atomic E-state index is 13.3. The van der Waals surface area contributed by atoms with Crippen molar-refractivity contribution in [3.63, 3.8) is 0 Å². The number of piperazine rings is 1.